The molecule has 1 N–H and O–H groups in total. The summed E-state index contributed by atoms with van der Waals surface area (Å²) < 4.78 is 31.9. The number of carbonyl (C=O) groups is 2. The standard InChI is InChI=1S/C20H22F2N2O3/c1-4-27-18-8-6-5-7-15(18)20(26)23-12-19(25)24(3)13(2)14-9-10-16(21)17(22)11-14/h5-11,13H,4,12H2,1-3H3,(H,23,26). The van der Waals surface area contributed by atoms with Gasteiger partial charge >= 0.3 is 0 Å². The average Bonchev–Trinajstić information content (AvgIpc) is 2.67. The summed E-state index contributed by atoms with van der Waals surface area (Å²) in [6.07, 6.45) is 0. The molecule has 0 saturated heterocycles. The SMILES string of the molecule is CCOc1ccccc1C(=O)NCC(=O)N(C)C(C)c1ccc(F)c(F)c1. The Balaban J connectivity index is 2.00. The second-order valence-corrected chi connectivity index (χ2v) is 5.97. The van der Waals surface area contributed by atoms with E-state index in [0.717, 1.165) is 12.1 Å². The molecule has 1 atom stereocenters. The van der Waals surface area contributed by atoms with Crippen molar-refractivity contribution >= 4 is 11.8 Å². The minimum Gasteiger partial charge on any atom is -0.493 e. The molecule has 0 fully saturated rings. The Bertz CT molecular complexity index is 827. The predicted octanol–water partition coefficient (Wildman–Crippen LogP) is 3.31. The maximum absolute atomic E-state index is 13.4. The highest BCUT2D eigenvalue weighted by atomic mass is 19.2. The molecule has 5 nitrogen and oxygen atoms in total. The minimum absolute atomic E-state index is 0.232. The van der Waals surface area contributed by atoms with Gasteiger partial charge in [0.15, 0.2) is 11.6 Å². The Morgan fingerprint density at radius 2 is 1.85 bits per heavy atom. The van der Waals surface area contributed by atoms with Crippen molar-refractivity contribution < 1.29 is 23.1 Å². The molecule has 0 bridgehead atoms. The summed E-state index contributed by atoms with van der Waals surface area (Å²) in [5.74, 6) is -2.27. The normalized spacial score (nSPS) is 11.6. The van der Waals surface area contributed by atoms with Crippen LogP contribution in [-0.4, -0.2) is 36.9 Å². The van der Waals surface area contributed by atoms with Crippen LogP contribution in [0.2, 0.25) is 0 Å². The Labute approximate surface area is 156 Å². The van der Waals surface area contributed by atoms with Gasteiger partial charge in [-0.1, -0.05) is 18.2 Å². The zero-order valence-electron chi connectivity index (χ0n) is 15.5. The summed E-state index contributed by atoms with van der Waals surface area (Å²) in [7, 11) is 1.54. The molecule has 144 valence electrons. The molecule has 0 radical (unpaired) electrons. The van der Waals surface area contributed by atoms with E-state index < -0.39 is 23.6 Å². The van der Waals surface area contributed by atoms with Gasteiger partial charge in [0.2, 0.25) is 5.91 Å². The fraction of sp³-hybridized carbons (Fsp3) is 0.300. The molecule has 0 aliphatic rings. The van der Waals surface area contributed by atoms with E-state index in [0.29, 0.717) is 23.5 Å². The first-order valence-corrected chi connectivity index (χ1v) is 8.55. The van der Waals surface area contributed by atoms with E-state index >= 15 is 0 Å². The second-order valence-electron chi connectivity index (χ2n) is 5.97. The number of nitrogens with one attached hydrogen (secondary N) is 1. The summed E-state index contributed by atoms with van der Waals surface area (Å²) in [5.41, 5.74) is 0.793. The smallest absolute Gasteiger partial charge is 0.255 e. The molecule has 2 amide bonds. The molecule has 1 unspecified atom stereocenters. The molecule has 0 heterocycles. The fourth-order valence-corrected chi connectivity index (χ4v) is 2.52. The summed E-state index contributed by atoms with van der Waals surface area (Å²) in [4.78, 5) is 26.1. The molecule has 0 aromatic heterocycles. The lowest BCUT2D eigenvalue weighted by Gasteiger charge is -2.25. The van der Waals surface area contributed by atoms with Crippen LogP contribution in [0.15, 0.2) is 42.5 Å². The van der Waals surface area contributed by atoms with E-state index in [4.69, 9.17) is 4.74 Å². The van der Waals surface area contributed by atoms with Gasteiger partial charge in [0, 0.05) is 7.05 Å². The van der Waals surface area contributed by atoms with Crippen LogP contribution in [-0.2, 0) is 4.79 Å². The van der Waals surface area contributed by atoms with Crippen molar-refractivity contribution in [3.8, 4) is 5.75 Å². The lowest BCUT2D eigenvalue weighted by atomic mass is 10.1. The van der Waals surface area contributed by atoms with E-state index in [1.807, 2.05) is 6.92 Å². The average molecular weight is 376 g/mol. The number of likely N-dealkylation sites (N-methyl/N-ethyl adjacent to an activating group) is 1. The summed E-state index contributed by atoms with van der Waals surface area (Å²) in [6, 6.07) is 9.76. The van der Waals surface area contributed by atoms with Gasteiger partial charge in [-0.05, 0) is 43.7 Å². The van der Waals surface area contributed by atoms with Crippen LogP contribution >= 0.6 is 0 Å². The molecule has 7 heteroatoms. The van der Waals surface area contributed by atoms with Crippen molar-refractivity contribution in [2.75, 3.05) is 20.2 Å². The fourth-order valence-electron chi connectivity index (χ4n) is 2.52. The highest BCUT2D eigenvalue weighted by molar-refractivity contribution is 5.98. The van der Waals surface area contributed by atoms with Gasteiger partial charge in [-0.3, -0.25) is 9.59 Å². The molecule has 27 heavy (non-hydrogen) atoms. The number of hydrogen-bond donors (Lipinski definition) is 1. The highest BCUT2D eigenvalue weighted by Crippen LogP contribution is 2.21. The molecule has 2 aromatic rings. The first-order chi connectivity index (χ1) is 12.8. The van der Waals surface area contributed by atoms with Gasteiger partial charge in [-0.15, -0.1) is 0 Å². The van der Waals surface area contributed by atoms with Crippen molar-refractivity contribution in [1.82, 2.24) is 10.2 Å². The van der Waals surface area contributed by atoms with Crippen LogP contribution in [0.25, 0.3) is 0 Å². The topological polar surface area (TPSA) is 58.6 Å². The molecule has 0 aliphatic heterocycles. The molecule has 0 aliphatic carbocycles. The van der Waals surface area contributed by atoms with Crippen molar-refractivity contribution in [2.24, 2.45) is 0 Å². The van der Waals surface area contributed by atoms with Crippen molar-refractivity contribution in [3.63, 3.8) is 0 Å². The number of nitrogens with zero attached hydrogens (tertiary/aromatic N) is 1. The van der Waals surface area contributed by atoms with Gasteiger partial charge in [0.1, 0.15) is 5.75 Å². The number of para-hydroxylation sites is 1. The number of halogens is 2. The Hall–Kier alpha value is -2.96. The van der Waals surface area contributed by atoms with E-state index in [1.165, 1.54) is 18.0 Å². The third-order valence-electron chi connectivity index (χ3n) is 4.23. The summed E-state index contributed by atoms with van der Waals surface area (Å²) in [6.45, 7) is 3.69. The van der Waals surface area contributed by atoms with Crippen LogP contribution in [0, 0.1) is 11.6 Å². The van der Waals surface area contributed by atoms with Gasteiger partial charge in [-0.25, -0.2) is 8.78 Å². The van der Waals surface area contributed by atoms with Crippen molar-refractivity contribution in [2.45, 2.75) is 19.9 Å². The number of ether oxygens (including phenoxy) is 1. The Morgan fingerprint density at radius 1 is 1.15 bits per heavy atom. The Morgan fingerprint density at radius 3 is 2.52 bits per heavy atom. The molecule has 2 aromatic carbocycles. The Kier molecular flexibility index (Phi) is 6.87. The molecular formula is C20H22F2N2O3. The number of benzene rings is 2. The van der Waals surface area contributed by atoms with Crippen molar-refractivity contribution in [1.29, 1.82) is 0 Å². The second kappa shape index (κ2) is 9.12. The maximum Gasteiger partial charge on any atom is 0.255 e. The number of rotatable bonds is 7. The van der Waals surface area contributed by atoms with Crippen LogP contribution in [0.5, 0.6) is 5.75 Å². The summed E-state index contributed by atoms with van der Waals surface area (Å²) in [5, 5.41) is 2.56. The molecular weight excluding hydrogens is 354 g/mol. The first kappa shape index (κ1) is 20.4. The zero-order valence-corrected chi connectivity index (χ0v) is 15.5. The number of hydrogen-bond acceptors (Lipinski definition) is 3. The van der Waals surface area contributed by atoms with Gasteiger partial charge in [-0.2, -0.15) is 0 Å². The largest absolute Gasteiger partial charge is 0.493 e. The molecule has 2 rings (SSSR count). The van der Waals surface area contributed by atoms with Crippen LogP contribution < -0.4 is 10.1 Å². The maximum atomic E-state index is 13.4. The number of amides is 2. The van der Waals surface area contributed by atoms with E-state index in [1.54, 1.807) is 31.2 Å². The minimum atomic E-state index is -0.971. The van der Waals surface area contributed by atoms with Crippen LogP contribution in [0.1, 0.15) is 35.8 Å². The van der Waals surface area contributed by atoms with Gasteiger partial charge in [0.25, 0.3) is 5.91 Å². The first-order valence-electron chi connectivity index (χ1n) is 8.55. The lowest BCUT2D eigenvalue weighted by molar-refractivity contribution is -0.130. The predicted molar refractivity (Wildman–Crippen MR) is 97.5 cm³/mol. The van der Waals surface area contributed by atoms with E-state index in [9.17, 15) is 18.4 Å². The monoisotopic (exact) mass is 376 g/mol. The molecule has 0 saturated carbocycles. The van der Waals surface area contributed by atoms with E-state index in [2.05, 4.69) is 5.32 Å². The quantitative estimate of drug-likeness (QED) is 0.807. The van der Waals surface area contributed by atoms with Crippen LogP contribution in [0.3, 0.4) is 0 Å². The summed E-state index contributed by atoms with van der Waals surface area (Å²) >= 11 is 0. The lowest BCUT2D eigenvalue weighted by Crippen LogP contribution is -2.39. The van der Waals surface area contributed by atoms with Gasteiger partial charge < -0.3 is 15.0 Å². The number of carbonyl (C=O) groups excluding carboxylic acids is 2. The highest BCUT2D eigenvalue weighted by Gasteiger charge is 2.20. The third-order valence-corrected chi connectivity index (χ3v) is 4.23. The third kappa shape index (κ3) is 5.03. The van der Waals surface area contributed by atoms with Crippen LogP contribution in [0.4, 0.5) is 8.78 Å². The molecule has 0 spiro atoms. The van der Waals surface area contributed by atoms with Crippen molar-refractivity contribution in [3.05, 3.63) is 65.2 Å². The van der Waals surface area contributed by atoms with E-state index in [-0.39, 0.29) is 12.5 Å². The zero-order chi connectivity index (χ0) is 20.0. The van der Waals surface area contributed by atoms with Gasteiger partial charge in [0.05, 0.1) is 24.8 Å².